The SMILES string of the molecule is CN(C)CCC(F)CCl. The van der Waals surface area contributed by atoms with Gasteiger partial charge in [0.05, 0.1) is 5.88 Å². The molecule has 0 aromatic rings. The Labute approximate surface area is 60.8 Å². The molecule has 0 fully saturated rings. The van der Waals surface area contributed by atoms with Crippen LogP contribution in [-0.2, 0) is 0 Å². The molecule has 0 spiro atoms. The maximum atomic E-state index is 12.3. The molecule has 0 radical (unpaired) electrons. The van der Waals surface area contributed by atoms with Crippen LogP contribution in [0.2, 0.25) is 0 Å². The molecule has 1 nitrogen and oxygen atoms in total. The van der Waals surface area contributed by atoms with E-state index in [4.69, 9.17) is 11.6 Å². The van der Waals surface area contributed by atoms with E-state index in [-0.39, 0.29) is 5.88 Å². The van der Waals surface area contributed by atoms with Crippen LogP contribution in [0.3, 0.4) is 0 Å². The van der Waals surface area contributed by atoms with Gasteiger partial charge in [0, 0.05) is 6.54 Å². The molecule has 0 heterocycles. The Morgan fingerprint density at radius 3 is 2.44 bits per heavy atom. The van der Waals surface area contributed by atoms with Crippen molar-refractivity contribution in [2.24, 2.45) is 0 Å². The van der Waals surface area contributed by atoms with Crippen molar-refractivity contribution in [2.75, 3.05) is 26.5 Å². The van der Waals surface area contributed by atoms with Crippen molar-refractivity contribution in [2.45, 2.75) is 12.6 Å². The van der Waals surface area contributed by atoms with E-state index >= 15 is 0 Å². The summed E-state index contributed by atoms with van der Waals surface area (Å²) in [5.41, 5.74) is 0. The van der Waals surface area contributed by atoms with Crippen LogP contribution >= 0.6 is 11.6 Å². The molecule has 0 rings (SSSR count). The van der Waals surface area contributed by atoms with Gasteiger partial charge in [-0.25, -0.2) is 4.39 Å². The van der Waals surface area contributed by atoms with Crippen LogP contribution in [-0.4, -0.2) is 37.6 Å². The highest BCUT2D eigenvalue weighted by molar-refractivity contribution is 6.18. The number of hydrogen-bond acceptors (Lipinski definition) is 1. The minimum Gasteiger partial charge on any atom is -0.309 e. The highest BCUT2D eigenvalue weighted by Gasteiger charge is 2.03. The predicted octanol–water partition coefficient (Wildman–Crippen LogP) is 1.52. The first-order chi connectivity index (χ1) is 4.16. The molecule has 0 aromatic carbocycles. The quantitative estimate of drug-likeness (QED) is 0.554. The van der Waals surface area contributed by atoms with Gasteiger partial charge in [-0.15, -0.1) is 11.6 Å². The van der Waals surface area contributed by atoms with Gasteiger partial charge in [-0.3, -0.25) is 0 Å². The van der Waals surface area contributed by atoms with Gasteiger partial charge in [-0.05, 0) is 20.5 Å². The first-order valence-corrected chi connectivity index (χ1v) is 3.55. The molecule has 1 unspecified atom stereocenters. The summed E-state index contributed by atoms with van der Waals surface area (Å²) < 4.78 is 12.3. The normalized spacial score (nSPS) is 14.3. The second-order valence-electron chi connectivity index (χ2n) is 2.34. The van der Waals surface area contributed by atoms with E-state index < -0.39 is 6.17 Å². The standard InChI is InChI=1S/C6H13ClFN/c1-9(2)4-3-6(8)5-7/h6H,3-5H2,1-2H3. The van der Waals surface area contributed by atoms with Crippen molar-refractivity contribution in [1.29, 1.82) is 0 Å². The predicted molar refractivity (Wildman–Crippen MR) is 38.8 cm³/mol. The van der Waals surface area contributed by atoms with Crippen LogP contribution in [0.25, 0.3) is 0 Å². The molecular formula is C6H13ClFN. The van der Waals surface area contributed by atoms with Gasteiger partial charge >= 0.3 is 0 Å². The lowest BCUT2D eigenvalue weighted by Gasteiger charge is -2.09. The van der Waals surface area contributed by atoms with Crippen LogP contribution < -0.4 is 0 Å². The summed E-state index contributed by atoms with van der Waals surface area (Å²) in [5.74, 6) is 0.119. The molecular weight excluding hydrogens is 141 g/mol. The molecule has 0 aliphatic heterocycles. The lowest BCUT2D eigenvalue weighted by molar-refractivity contribution is 0.294. The number of nitrogens with zero attached hydrogens (tertiary/aromatic N) is 1. The largest absolute Gasteiger partial charge is 0.309 e. The Bertz CT molecular complexity index is 68.1. The number of halogens is 2. The summed E-state index contributed by atoms with van der Waals surface area (Å²) in [6.45, 7) is 0.772. The van der Waals surface area contributed by atoms with Gasteiger partial charge in [-0.2, -0.15) is 0 Å². The molecule has 9 heavy (non-hydrogen) atoms. The van der Waals surface area contributed by atoms with E-state index in [1.165, 1.54) is 0 Å². The second-order valence-corrected chi connectivity index (χ2v) is 2.65. The van der Waals surface area contributed by atoms with Crippen molar-refractivity contribution >= 4 is 11.6 Å². The zero-order valence-electron chi connectivity index (χ0n) is 5.90. The van der Waals surface area contributed by atoms with Gasteiger partial charge in [-0.1, -0.05) is 0 Å². The number of hydrogen-bond donors (Lipinski definition) is 0. The summed E-state index contributed by atoms with van der Waals surface area (Å²) in [7, 11) is 3.84. The molecule has 0 saturated heterocycles. The molecule has 0 aliphatic rings. The van der Waals surface area contributed by atoms with Crippen LogP contribution in [0.15, 0.2) is 0 Å². The van der Waals surface area contributed by atoms with Gasteiger partial charge in [0.15, 0.2) is 0 Å². The topological polar surface area (TPSA) is 3.24 Å². The molecule has 56 valence electrons. The summed E-state index contributed by atoms with van der Waals surface area (Å²) in [6.07, 6.45) is -0.301. The summed E-state index contributed by atoms with van der Waals surface area (Å²) in [6, 6.07) is 0. The zero-order chi connectivity index (χ0) is 7.28. The Balaban J connectivity index is 3.06. The van der Waals surface area contributed by atoms with E-state index in [1.54, 1.807) is 0 Å². The van der Waals surface area contributed by atoms with Crippen LogP contribution in [0, 0.1) is 0 Å². The average Bonchev–Trinajstić information content (AvgIpc) is 1.83. The monoisotopic (exact) mass is 153 g/mol. The van der Waals surface area contributed by atoms with Crippen molar-refractivity contribution < 1.29 is 4.39 Å². The van der Waals surface area contributed by atoms with Crippen LogP contribution in [0.4, 0.5) is 4.39 Å². The first-order valence-electron chi connectivity index (χ1n) is 3.01. The number of rotatable bonds is 4. The summed E-state index contributed by atoms with van der Waals surface area (Å²) in [4.78, 5) is 1.94. The third-order valence-electron chi connectivity index (χ3n) is 1.06. The highest BCUT2D eigenvalue weighted by atomic mass is 35.5. The van der Waals surface area contributed by atoms with E-state index in [9.17, 15) is 4.39 Å². The molecule has 1 atom stereocenters. The molecule has 0 aromatic heterocycles. The second kappa shape index (κ2) is 5.00. The zero-order valence-corrected chi connectivity index (χ0v) is 6.66. The third kappa shape index (κ3) is 6.06. The van der Waals surface area contributed by atoms with E-state index in [0.29, 0.717) is 6.42 Å². The summed E-state index contributed by atoms with van der Waals surface area (Å²) in [5, 5.41) is 0. The smallest absolute Gasteiger partial charge is 0.115 e. The minimum absolute atomic E-state index is 0.119. The van der Waals surface area contributed by atoms with E-state index in [0.717, 1.165) is 6.54 Å². The minimum atomic E-state index is -0.839. The van der Waals surface area contributed by atoms with Gasteiger partial charge in [0.1, 0.15) is 6.17 Å². The fourth-order valence-electron chi connectivity index (χ4n) is 0.475. The number of alkyl halides is 2. The maximum Gasteiger partial charge on any atom is 0.115 e. The fourth-order valence-corrected chi connectivity index (χ4v) is 0.630. The molecule has 3 heteroatoms. The highest BCUT2D eigenvalue weighted by Crippen LogP contribution is 1.99. The fraction of sp³-hybridized carbons (Fsp3) is 1.00. The Hall–Kier alpha value is 0.180. The average molecular weight is 154 g/mol. The van der Waals surface area contributed by atoms with Gasteiger partial charge in [0.2, 0.25) is 0 Å². The molecule has 0 saturated carbocycles. The molecule has 0 aliphatic carbocycles. The van der Waals surface area contributed by atoms with E-state index in [2.05, 4.69) is 0 Å². The van der Waals surface area contributed by atoms with Crippen LogP contribution in [0.5, 0.6) is 0 Å². The molecule has 0 amide bonds. The van der Waals surface area contributed by atoms with Crippen molar-refractivity contribution in [3.8, 4) is 0 Å². The molecule has 0 N–H and O–H groups in total. The van der Waals surface area contributed by atoms with Crippen molar-refractivity contribution in [3.05, 3.63) is 0 Å². The third-order valence-corrected chi connectivity index (χ3v) is 1.39. The van der Waals surface area contributed by atoms with Gasteiger partial charge < -0.3 is 4.90 Å². The Kier molecular flexibility index (Phi) is 5.10. The lowest BCUT2D eigenvalue weighted by Crippen LogP contribution is -2.17. The van der Waals surface area contributed by atoms with Gasteiger partial charge in [0.25, 0.3) is 0 Å². The van der Waals surface area contributed by atoms with Crippen LogP contribution in [0.1, 0.15) is 6.42 Å². The Morgan fingerprint density at radius 2 is 2.11 bits per heavy atom. The first kappa shape index (κ1) is 9.18. The summed E-state index contributed by atoms with van der Waals surface area (Å²) >= 11 is 5.24. The van der Waals surface area contributed by atoms with Crippen molar-refractivity contribution in [1.82, 2.24) is 4.90 Å². The van der Waals surface area contributed by atoms with Crippen molar-refractivity contribution in [3.63, 3.8) is 0 Å². The maximum absolute atomic E-state index is 12.3. The van der Waals surface area contributed by atoms with E-state index in [1.807, 2.05) is 19.0 Å². The molecule has 0 bridgehead atoms. The Morgan fingerprint density at radius 1 is 1.56 bits per heavy atom. The lowest BCUT2D eigenvalue weighted by atomic mass is 10.3.